The molecule has 3 heteroatoms. The second kappa shape index (κ2) is 6.03. The van der Waals surface area contributed by atoms with Crippen LogP contribution in [0.3, 0.4) is 0 Å². The zero-order valence-electron chi connectivity index (χ0n) is 10.8. The van der Waals surface area contributed by atoms with Crippen LogP contribution in [0.2, 0.25) is 0 Å². The van der Waals surface area contributed by atoms with Crippen molar-refractivity contribution < 1.29 is 4.74 Å². The van der Waals surface area contributed by atoms with Crippen LogP contribution in [0.5, 0.6) is 5.75 Å². The van der Waals surface area contributed by atoms with Crippen molar-refractivity contribution in [2.45, 2.75) is 19.9 Å². The average molecular weight is 234 g/mol. The Balaban J connectivity index is 1.80. The number of methoxy groups -OCH3 is 1. The minimum atomic E-state index is 0.800. The van der Waals surface area contributed by atoms with E-state index in [4.69, 9.17) is 4.74 Å². The molecule has 0 aliphatic carbocycles. The molecule has 2 N–H and O–H groups in total. The summed E-state index contributed by atoms with van der Waals surface area (Å²) in [6, 6.07) is 6.37. The molecule has 0 spiro atoms. The van der Waals surface area contributed by atoms with Gasteiger partial charge in [-0.15, -0.1) is 0 Å². The minimum absolute atomic E-state index is 0.800. The Labute approximate surface area is 104 Å². The number of ether oxygens (including phenoxy) is 1. The molecule has 1 heterocycles. The Morgan fingerprint density at radius 3 is 3.00 bits per heavy atom. The largest absolute Gasteiger partial charge is 0.496 e. The fourth-order valence-electron chi connectivity index (χ4n) is 2.36. The van der Waals surface area contributed by atoms with E-state index in [1.54, 1.807) is 7.11 Å². The fraction of sp³-hybridized carbons (Fsp3) is 0.571. The summed E-state index contributed by atoms with van der Waals surface area (Å²) in [6.45, 7) is 6.48. The summed E-state index contributed by atoms with van der Waals surface area (Å²) in [6.07, 6.45) is 1.30. The number of rotatable bonds is 5. The van der Waals surface area contributed by atoms with Crippen molar-refractivity contribution in [1.29, 1.82) is 0 Å². The van der Waals surface area contributed by atoms with Crippen LogP contribution in [0.25, 0.3) is 0 Å². The van der Waals surface area contributed by atoms with Crippen molar-refractivity contribution in [2.24, 2.45) is 5.92 Å². The molecule has 1 fully saturated rings. The van der Waals surface area contributed by atoms with Crippen LogP contribution in [0.1, 0.15) is 17.5 Å². The standard InChI is InChI=1S/C14H22N2O/c1-11-7-12(3-4-14(11)17-2)8-16-10-13-5-6-15-9-13/h3-4,7,13,15-16H,5-6,8-10H2,1-2H3. The van der Waals surface area contributed by atoms with E-state index in [-0.39, 0.29) is 0 Å². The predicted octanol–water partition coefficient (Wildman–Crippen LogP) is 1.70. The monoisotopic (exact) mass is 234 g/mol. The van der Waals surface area contributed by atoms with Crippen LogP contribution in [-0.4, -0.2) is 26.7 Å². The minimum Gasteiger partial charge on any atom is -0.496 e. The molecule has 1 unspecified atom stereocenters. The van der Waals surface area contributed by atoms with E-state index in [9.17, 15) is 0 Å². The molecule has 0 bridgehead atoms. The summed E-state index contributed by atoms with van der Waals surface area (Å²) in [7, 11) is 1.72. The summed E-state index contributed by atoms with van der Waals surface area (Å²) < 4.78 is 5.26. The first-order valence-electron chi connectivity index (χ1n) is 6.34. The molecular formula is C14H22N2O. The van der Waals surface area contributed by atoms with Crippen molar-refractivity contribution in [1.82, 2.24) is 10.6 Å². The van der Waals surface area contributed by atoms with Crippen LogP contribution >= 0.6 is 0 Å². The van der Waals surface area contributed by atoms with Gasteiger partial charge in [0.2, 0.25) is 0 Å². The lowest BCUT2D eigenvalue weighted by Gasteiger charge is -2.11. The number of aryl methyl sites for hydroxylation is 1. The van der Waals surface area contributed by atoms with E-state index in [2.05, 4.69) is 29.7 Å². The lowest BCUT2D eigenvalue weighted by molar-refractivity contribution is 0.411. The van der Waals surface area contributed by atoms with E-state index in [1.165, 1.54) is 24.1 Å². The molecule has 0 radical (unpaired) electrons. The van der Waals surface area contributed by atoms with Gasteiger partial charge in [0.1, 0.15) is 5.75 Å². The second-order valence-corrected chi connectivity index (χ2v) is 4.79. The number of nitrogens with one attached hydrogen (secondary N) is 2. The molecule has 2 rings (SSSR count). The molecular weight excluding hydrogens is 212 g/mol. The third-order valence-corrected chi connectivity index (χ3v) is 3.38. The van der Waals surface area contributed by atoms with Crippen LogP contribution < -0.4 is 15.4 Å². The highest BCUT2D eigenvalue weighted by atomic mass is 16.5. The fourth-order valence-corrected chi connectivity index (χ4v) is 2.36. The molecule has 17 heavy (non-hydrogen) atoms. The number of hydrogen-bond acceptors (Lipinski definition) is 3. The van der Waals surface area contributed by atoms with Gasteiger partial charge in [-0.05, 0) is 56.1 Å². The highest BCUT2D eigenvalue weighted by molar-refractivity contribution is 5.36. The molecule has 1 aromatic rings. The number of hydrogen-bond donors (Lipinski definition) is 2. The molecule has 1 atom stereocenters. The third-order valence-electron chi connectivity index (χ3n) is 3.38. The molecule has 1 saturated heterocycles. The Bertz CT molecular complexity index is 359. The van der Waals surface area contributed by atoms with Gasteiger partial charge in [0.15, 0.2) is 0 Å². The van der Waals surface area contributed by atoms with Crippen molar-refractivity contribution in [2.75, 3.05) is 26.7 Å². The zero-order chi connectivity index (χ0) is 12.1. The van der Waals surface area contributed by atoms with Crippen LogP contribution in [0.15, 0.2) is 18.2 Å². The molecule has 0 amide bonds. The summed E-state index contributed by atoms with van der Waals surface area (Å²) in [5.41, 5.74) is 2.53. The van der Waals surface area contributed by atoms with Gasteiger partial charge in [0.25, 0.3) is 0 Å². The topological polar surface area (TPSA) is 33.3 Å². The maximum Gasteiger partial charge on any atom is 0.121 e. The molecule has 1 aromatic carbocycles. The summed E-state index contributed by atoms with van der Waals surface area (Å²) in [5.74, 6) is 1.77. The van der Waals surface area contributed by atoms with Crippen molar-refractivity contribution >= 4 is 0 Å². The maximum absolute atomic E-state index is 5.26. The van der Waals surface area contributed by atoms with Gasteiger partial charge < -0.3 is 15.4 Å². The smallest absolute Gasteiger partial charge is 0.121 e. The van der Waals surface area contributed by atoms with Crippen molar-refractivity contribution in [3.63, 3.8) is 0 Å². The molecule has 0 saturated carbocycles. The lowest BCUT2D eigenvalue weighted by atomic mass is 10.1. The van der Waals surface area contributed by atoms with Crippen LogP contribution in [0.4, 0.5) is 0 Å². The summed E-state index contributed by atoms with van der Waals surface area (Å²) >= 11 is 0. The SMILES string of the molecule is COc1ccc(CNCC2CCNC2)cc1C. The first kappa shape index (κ1) is 12.4. The Kier molecular flexibility index (Phi) is 4.40. The van der Waals surface area contributed by atoms with Gasteiger partial charge in [-0.3, -0.25) is 0 Å². The summed E-state index contributed by atoms with van der Waals surface area (Å²) in [4.78, 5) is 0. The van der Waals surface area contributed by atoms with E-state index in [0.29, 0.717) is 0 Å². The zero-order valence-corrected chi connectivity index (χ0v) is 10.8. The van der Waals surface area contributed by atoms with E-state index < -0.39 is 0 Å². The maximum atomic E-state index is 5.26. The van der Waals surface area contributed by atoms with Gasteiger partial charge in [0.05, 0.1) is 7.11 Å². The van der Waals surface area contributed by atoms with Gasteiger partial charge in [0, 0.05) is 6.54 Å². The van der Waals surface area contributed by atoms with E-state index >= 15 is 0 Å². The van der Waals surface area contributed by atoms with E-state index in [0.717, 1.165) is 31.3 Å². The molecule has 3 nitrogen and oxygen atoms in total. The van der Waals surface area contributed by atoms with Gasteiger partial charge in [-0.2, -0.15) is 0 Å². The normalized spacial score (nSPS) is 19.5. The van der Waals surface area contributed by atoms with Gasteiger partial charge in [-0.1, -0.05) is 12.1 Å². The first-order chi connectivity index (χ1) is 8.29. The highest BCUT2D eigenvalue weighted by Crippen LogP contribution is 2.18. The first-order valence-corrected chi connectivity index (χ1v) is 6.34. The Hall–Kier alpha value is -1.06. The summed E-state index contributed by atoms with van der Waals surface area (Å²) in [5, 5.41) is 6.92. The molecule has 94 valence electrons. The van der Waals surface area contributed by atoms with Crippen molar-refractivity contribution in [3.8, 4) is 5.75 Å². The molecule has 1 aliphatic heterocycles. The van der Waals surface area contributed by atoms with Gasteiger partial charge >= 0.3 is 0 Å². The van der Waals surface area contributed by atoms with Gasteiger partial charge in [-0.25, -0.2) is 0 Å². The highest BCUT2D eigenvalue weighted by Gasteiger charge is 2.13. The van der Waals surface area contributed by atoms with E-state index in [1.807, 2.05) is 6.07 Å². The Morgan fingerprint density at radius 2 is 2.35 bits per heavy atom. The predicted molar refractivity (Wildman–Crippen MR) is 70.4 cm³/mol. The molecule has 1 aliphatic rings. The second-order valence-electron chi connectivity index (χ2n) is 4.79. The number of benzene rings is 1. The van der Waals surface area contributed by atoms with Crippen molar-refractivity contribution in [3.05, 3.63) is 29.3 Å². The average Bonchev–Trinajstić information content (AvgIpc) is 2.82. The van der Waals surface area contributed by atoms with Crippen LogP contribution in [-0.2, 0) is 6.54 Å². The quantitative estimate of drug-likeness (QED) is 0.813. The molecule has 0 aromatic heterocycles. The third kappa shape index (κ3) is 3.45. The lowest BCUT2D eigenvalue weighted by Crippen LogP contribution is -2.24. The van der Waals surface area contributed by atoms with Crippen LogP contribution in [0, 0.1) is 12.8 Å². The Morgan fingerprint density at radius 1 is 1.47 bits per heavy atom.